The molecule has 2 heterocycles. The summed E-state index contributed by atoms with van der Waals surface area (Å²) in [5, 5.41) is 0. The van der Waals surface area contributed by atoms with Crippen molar-refractivity contribution in [2.24, 2.45) is 0 Å². The zero-order chi connectivity index (χ0) is 18.7. The molecule has 7 heteroatoms. The molecule has 0 aliphatic carbocycles. The smallest absolute Gasteiger partial charge is 0.152 e. The maximum atomic E-state index is 11.9. The Hall–Kier alpha value is -2.15. The van der Waals surface area contributed by atoms with Gasteiger partial charge in [-0.15, -0.1) is 0 Å². The van der Waals surface area contributed by atoms with Crippen LogP contribution in [0.15, 0.2) is 36.4 Å². The SMILES string of the molecule is CCN(c1cc(N(C)Cc2ccccc2)nc(C)n1)C1CCS(=O)(=O)C1. The van der Waals surface area contributed by atoms with Crippen molar-refractivity contribution in [1.82, 2.24) is 9.97 Å². The molecule has 0 spiro atoms. The van der Waals surface area contributed by atoms with E-state index in [4.69, 9.17) is 0 Å². The molecule has 2 aromatic rings. The van der Waals surface area contributed by atoms with Crippen LogP contribution in [0, 0.1) is 6.92 Å². The third-order valence-corrected chi connectivity index (χ3v) is 6.50. The highest BCUT2D eigenvalue weighted by molar-refractivity contribution is 7.91. The zero-order valence-electron chi connectivity index (χ0n) is 15.6. The van der Waals surface area contributed by atoms with E-state index in [1.807, 2.05) is 45.2 Å². The highest BCUT2D eigenvalue weighted by Crippen LogP contribution is 2.25. The lowest BCUT2D eigenvalue weighted by molar-refractivity contribution is 0.599. The molecule has 6 nitrogen and oxygen atoms in total. The van der Waals surface area contributed by atoms with Crippen LogP contribution in [0.4, 0.5) is 11.6 Å². The fourth-order valence-corrected chi connectivity index (χ4v) is 5.18. The van der Waals surface area contributed by atoms with Gasteiger partial charge < -0.3 is 9.80 Å². The van der Waals surface area contributed by atoms with Crippen LogP contribution in [0.25, 0.3) is 0 Å². The maximum absolute atomic E-state index is 11.9. The van der Waals surface area contributed by atoms with Crippen molar-refractivity contribution in [1.29, 1.82) is 0 Å². The Kier molecular flexibility index (Phi) is 5.46. The van der Waals surface area contributed by atoms with Crippen molar-refractivity contribution >= 4 is 21.5 Å². The topological polar surface area (TPSA) is 66.4 Å². The van der Waals surface area contributed by atoms with Crippen molar-refractivity contribution in [3.63, 3.8) is 0 Å². The third kappa shape index (κ3) is 4.33. The van der Waals surface area contributed by atoms with Crippen LogP contribution in [0.1, 0.15) is 24.7 Å². The monoisotopic (exact) mass is 374 g/mol. The van der Waals surface area contributed by atoms with Gasteiger partial charge in [-0.25, -0.2) is 18.4 Å². The summed E-state index contributed by atoms with van der Waals surface area (Å²) < 4.78 is 23.7. The first-order valence-corrected chi connectivity index (χ1v) is 10.8. The summed E-state index contributed by atoms with van der Waals surface area (Å²) in [6.45, 7) is 5.39. The van der Waals surface area contributed by atoms with Crippen LogP contribution in [-0.4, -0.2) is 49.5 Å². The highest BCUT2D eigenvalue weighted by atomic mass is 32.2. The molecule has 0 saturated carbocycles. The molecule has 1 aliphatic rings. The second-order valence-corrected chi connectivity index (χ2v) is 9.04. The molecule has 140 valence electrons. The Balaban J connectivity index is 1.84. The minimum absolute atomic E-state index is 0.00780. The fourth-order valence-electron chi connectivity index (χ4n) is 3.45. The van der Waals surface area contributed by atoms with Gasteiger partial charge in [0.15, 0.2) is 9.84 Å². The van der Waals surface area contributed by atoms with Crippen molar-refractivity contribution in [3.8, 4) is 0 Å². The van der Waals surface area contributed by atoms with Crippen molar-refractivity contribution < 1.29 is 8.42 Å². The van der Waals surface area contributed by atoms with E-state index < -0.39 is 9.84 Å². The van der Waals surface area contributed by atoms with Gasteiger partial charge in [-0.3, -0.25) is 0 Å². The maximum Gasteiger partial charge on any atom is 0.152 e. The lowest BCUT2D eigenvalue weighted by Crippen LogP contribution is -2.37. The van der Waals surface area contributed by atoms with Crippen molar-refractivity contribution in [3.05, 3.63) is 47.8 Å². The van der Waals surface area contributed by atoms with Crippen LogP contribution in [0.2, 0.25) is 0 Å². The molecular formula is C19H26N4O2S. The first kappa shape index (κ1) is 18.6. The van der Waals surface area contributed by atoms with Crippen LogP contribution in [-0.2, 0) is 16.4 Å². The number of nitrogens with zero attached hydrogens (tertiary/aromatic N) is 4. The van der Waals surface area contributed by atoms with Gasteiger partial charge in [0.05, 0.1) is 11.5 Å². The molecule has 1 saturated heterocycles. The van der Waals surface area contributed by atoms with E-state index >= 15 is 0 Å². The number of hydrogen-bond acceptors (Lipinski definition) is 6. The van der Waals surface area contributed by atoms with Crippen molar-refractivity contribution in [2.75, 3.05) is 34.9 Å². The molecule has 3 rings (SSSR count). The molecule has 1 aliphatic heterocycles. The summed E-state index contributed by atoms with van der Waals surface area (Å²) in [5.41, 5.74) is 1.21. The molecule has 1 unspecified atom stereocenters. The van der Waals surface area contributed by atoms with Gasteiger partial charge in [0.25, 0.3) is 0 Å². The summed E-state index contributed by atoms with van der Waals surface area (Å²) in [4.78, 5) is 13.3. The predicted molar refractivity (Wildman–Crippen MR) is 105 cm³/mol. The van der Waals surface area contributed by atoms with Crippen LogP contribution >= 0.6 is 0 Å². The number of sulfone groups is 1. The second kappa shape index (κ2) is 7.61. The number of aromatic nitrogens is 2. The van der Waals surface area contributed by atoms with E-state index in [1.54, 1.807) is 0 Å². The molecule has 0 bridgehead atoms. The van der Waals surface area contributed by atoms with Gasteiger partial charge in [0.2, 0.25) is 0 Å². The highest BCUT2D eigenvalue weighted by Gasteiger charge is 2.32. The van der Waals surface area contributed by atoms with Crippen LogP contribution in [0.3, 0.4) is 0 Å². The number of anilines is 2. The Bertz CT molecular complexity index is 855. The summed E-state index contributed by atoms with van der Waals surface area (Å²) in [5.74, 6) is 2.81. The number of hydrogen-bond donors (Lipinski definition) is 0. The predicted octanol–water partition coefficient (Wildman–Crippen LogP) is 2.43. The first-order chi connectivity index (χ1) is 12.4. The normalized spacial score (nSPS) is 18.7. The molecule has 0 N–H and O–H groups in total. The Morgan fingerprint density at radius 3 is 2.46 bits per heavy atom. The van der Waals surface area contributed by atoms with Gasteiger partial charge in [0.1, 0.15) is 17.5 Å². The van der Waals surface area contributed by atoms with E-state index in [-0.39, 0.29) is 17.5 Å². The van der Waals surface area contributed by atoms with Gasteiger partial charge >= 0.3 is 0 Å². The summed E-state index contributed by atoms with van der Waals surface area (Å²) in [7, 11) is -0.923. The zero-order valence-corrected chi connectivity index (χ0v) is 16.4. The molecule has 1 aromatic heterocycles. The Morgan fingerprint density at radius 1 is 1.15 bits per heavy atom. The standard InChI is InChI=1S/C19H26N4O2S/c1-4-23(17-10-11-26(24,25)14-17)19-12-18(20-15(2)21-19)22(3)13-16-8-6-5-7-9-16/h5-9,12,17H,4,10-11,13-14H2,1-3H3. The van der Waals surface area contributed by atoms with Gasteiger partial charge in [0, 0.05) is 32.2 Å². The van der Waals surface area contributed by atoms with E-state index in [1.165, 1.54) is 5.56 Å². The average Bonchev–Trinajstić information content (AvgIpc) is 2.95. The fraction of sp³-hybridized carbons (Fsp3) is 0.474. The second-order valence-electron chi connectivity index (χ2n) is 6.82. The van der Waals surface area contributed by atoms with E-state index in [2.05, 4.69) is 31.9 Å². The first-order valence-electron chi connectivity index (χ1n) is 8.96. The summed E-state index contributed by atoms with van der Waals surface area (Å²) >= 11 is 0. The Labute approximate surface area is 155 Å². The molecular weight excluding hydrogens is 348 g/mol. The molecule has 26 heavy (non-hydrogen) atoms. The van der Waals surface area contributed by atoms with E-state index in [9.17, 15) is 8.42 Å². The van der Waals surface area contributed by atoms with Crippen molar-refractivity contribution in [2.45, 2.75) is 32.9 Å². The molecule has 1 fully saturated rings. The Morgan fingerprint density at radius 2 is 1.85 bits per heavy atom. The minimum atomic E-state index is -2.93. The molecule has 1 atom stereocenters. The molecule has 0 amide bonds. The quantitative estimate of drug-likeness (QED) is 0.774. The minimum Gasteiger partial charge on any atom is -0.355 e. The number of benzene rings is 1. The van der Waals surface area contributed by atoms with E-state index in [0.717, 1.165) is 24.7 Å². The third-order valence-electron chi connectivity index (χ3n) is 4.75. The van der Waals surface area contributed by atoms with Crippen LogP contribution in [0.5, 0.6) is 0 Å². The lowest BCUT2D eigenvalue weighted by atomic mass is 10.2. The van der Waals surface area contributed by atoms with Gasteiger partial charge in [-0.05, 0) is 25.8 Å². The van der Waals surface area contributed by atoms with E-state index in [0.29, 0.717) is 12.2 Å². The lowest BCUT2D eigenvalue weighted by Gasteiger charge is -2.29. The number of rotatable bonds is 6. The van der Waals surface area contributed by atoms with Gasteiger partial charge in [-0.2, -0.15) is 0 Å². The summed E-state index contributed by atoms with van der Waals surface area (Å²) in [6, 6.07) is 12.2. The average molecular weight is 375 g/mol. The largest absolute Gasteiger partial charge is 0.355 e. The molecule has 0 radical (unpaired) electrons. The van der Waals surface area contributed by atoms with Crippen LogP contribution < -0.4 is 9.80 Å². The van der Waals surface area contributed by atoms with Gasteiger partial charge in [-0.1, -0.05) is 30.3 Å². The number of aryl methyl sites for hydroxylation is 1. The molecule has 1 aromatic carbocycles. The summed E-state index contributed by atoms with van der Waals surface area (Å²) in [6.07, 6.45) is 0.661.